The molecule has 164 valence electrons. The van der Waals surface area contributed by atoms with Gasteiger partial charge in [-0.05, 0) is 36.5 Å². The van der Waals surface area contributed by atoms with Gasteiger partial charge in [0, 0.05) is 40.3 Å². The van der Waals surface area contributed by atoms with Crippen LogP contribution >= 0.6 is 0 Å². The number of benzene rings is 1. The molecule has 0 bridgehead atoms. The van der Waals surface area contributed by atoms with Gasteiger partial charge in [-0.15, -0.1) is 0 Å². The van der Waals surface area contributed by atoms with Gasteiger partial charge in [-0.1, -0.05) is 27.7 Å². The van der Waals surface area contributed by atoms with Crippen molar-refractivity contribution in [1.29, 1.82) is 0 Å². The van der Waals surface area contributed by atoms with E-state index < -0.39 is 10.0 Å². The molecule has 0 saturated carbocycles. The Balaban J connectivity index is 2.24. The van der Waals surface area contributed by atoms with E-state index in [0.717, 1.165) is 18.8 Å². The summed E-state index contributed by atoms with van der Waals surface area (Å²) in [7, 11) is 0.155. The standard InChI is InChI=1S/C21H36N4O3S/c1-7-25(8-2)29(27,28)18-9-10-20(23(5)6)19(12-18)22-21(26)15-24-13-16(3)11-17(4)14-24/h9-10,12,16-17H,7-8,11,13-15H2,1-6H3,(H,22,26)/t16-,17-/m1/s1. The Kier molecular flexibility index (Phi) is 8.08. The summed E-state index contributed by atoms with van der Waals surface area (Å²) in [6, 6.07) is 4.92. The third-order valence-corrected chi connectivity index (χ3v) is 7.42. The molecule has 8 heteroatoms. The third kappa shape index (κ3) is 5.93. The van der Waals surface area contributed by atoms with Crippen LogP contribution in [-0.4, -0.2) is 70.3 Å². The van der Waals surface area contributed by atoms with Crippen LogP contribution in [0.3, 0.4) is 0 Å². The molecule has 1 aromatic rings. The number of piperidine rings is 1. The average Bonchev–Trinajstić information content (AvgIpc) is 2.61. The van der Waals surface area contributed by atoms with Gasteiger partial charge in [0.2, 0.25) is 15.9 Å². The molecule has 0 aliphatic carbocycles. The van der Waals surface area contributed by atoms with Crippen molar-refractivity contribution in [2.45, 2.75) is 39.0 Å². The minimum absolute atomic E-state index is 0.119. The molecule has 0 unspecified atom stereocenters. The first-order valence-electron chi connectivity index (χ1n) is 10.4. The second-order valence-electron chi connectivity index (χ2n) is 8.35. The van der Waals surface area contributed by atoms with E-state index in [4.69, 9.17) is 0 Å². The summed E-state index contributed by atoms with van der Waals surface area (Å²) in [6.07, 6.45) is 1.19. The molecule has 1 aliphatic rings. The van der Waals surface area contributed by atoms with Gasteiger partial charge in [0.1, 0.15) is 0 Å². The van der Waals surface area contributed by atoms with E-state index in [2.05, 4.69) is 24.1 Å². The van der Waals surface area contributed by atoms with Gasteiger partial charge < -0.3 is 10.2 Å². The summed E-state index contributed by atoms with van der Waals surface area (Å²) in [4.78, 5) is 17.0. The molecule has 1 heterocycles. The van der Waals surface area contributed by atoms with Gasteiger partial charge in [-0.3, -0.25) is 9.69 Å². The number of likely N-dealkylation sites (tertiary alicyclic amines) is 1. The Hall–Kier alpha value is -1.64. The maximum absolute atomic E-state index is 12.9. The first-order valence-corrected chi connectivity index (χ1v) is 11.9. The molecule has 7 nitrogen and oxygen atoms in total. The molecule has 0 radical (unpaired) electrons. The Labute approximate surface area is 176 Å². The van der Waals surface area contributed by atoms with E-state index >= 15 is 0 Å². The largest absolute Gasteiger partial charge is 0.376 e. The van der Waals surface area contributed by atoms with Gasteiger partial charge in [-0.2, -0.15) is 4.31 Å². The average molecular weight is 425 g/mol. The number of anilines is 2. The van der Waals surface area contributed by atoms with Crippen molar-refractivity contribution in [1.82, 2.24) is 9.21 Å². The van der Waals surface area contributed by atoms with Gasteiger partial charge in [0.25, 0.3) is 0 Å². The summed E-state index contributed by atoms with van der Waals surface area (Å²) in [5.74, 6) is 1.03. The Morgan fingerprint density at radius 3 is 2.24 bits per heavy atom. The van der Waals surface area contributed by atoms with Crippen molar-refractivity contribution in [3.8, 4) is 0 Å². The summed E-state index contributed by atoms with van der Waals surface area (Å²) >= 11 is 0. The number of carbonyl (C=O) groups excluding carboxylic acids is 1. The van der Waals surface area contributed by atoms with Crippen molar-refractivity contribution in [2.24, 2.45) is 11.8 Å². The zero-order chi connectivity index (χ0) is 21.8. The summed E-state index contributed by atoms with van der Waals surface area (Å²) in [5.41, 5.74) is 1.29. The van der Waals surface area contributed by atoms with Gasteiger partial charge in [-0.25, -0.2) is 8.42 Å². The number of nitrogens with one attached hydrogen (secondary N) is 1. The molecule has 1 aliphatic heterocycles. The van der Waals surface area contributed by atoms with Crippen LogP contribution in [0.25, 0.3) is 0 Å². The van der Waals surface area contributed by atoms with E-state index in [1.54, 1.807) is 18.2 Å². The number of amides is 1. The summed E-state index contributed by atoms with van der Waals surface area (Å²) in [5, 5.41) is 2.95. The topological polar surface area (TPSA) is 73.0 Å². The fraction of sp³-hybridized carbons (Fsp3) is 0.667. The van der Waals surface area contributed by atoms with E-state index in [-0.39, 0.29) is 10.8 Å². The van der Waals surface area contributed by atoms with Crippen LogP contribution in [0.15, 0.2) is 23.1 Å². The quantitative estimate of drug-likeness (QED) is 0.695. The highest BCUT2D eigenvalue weighted by atomic mass is 32.2. The molecule has 1 aromatic carbocycles. The zero-order valence-corrected chi connectivity index (χ0v) is 19.4. The van der Waals surface area contributed by atoms with Crippen molar-refractivity contribution < 1.29 is 13.2 Å². The van der Waals surface area contributed by atoms with E-state index in [9.17, 15) is 13.2 Å². The maximum atomic E-state index is 12.9. The number of sulfonamides is 1. The SMILES string of the molecule is CCN(CC)S(=O)(=O)c1ccc(N(C)C)c(NC(=O)CN2C[C@H](C)C[C@@H](C)C2)c1. The maximum Gasteiger partial charge on any atom is 0.243 e. The number of hydrogen-bond donors (Lipinski definition) is 1. The molecular formula is C21H36N4O3S. The molecular weight excluding hydrogens is 388 g/mol. The molecule has 1 N–H and O–H groups in total. The van der Waals surface area contributed by atoms with Crippen molar-refractivity contribution >= 4 is 27.3 Å². The van der Waals surface area contributed by atoms with E-state index in [1.807, 2.05) is 32.8 Å². The molecule has 2 rings (SSSR count). The highest BCUT2D eigenvalue weighted by Crippen LogP contribution is 2.29. The van der Waals surface area contributed by atoms with Crippen molar-refractivity contribution in [2.75, 3.05) is 57.0 Å². The number of carbonyl (C=O) groups is 1. The lowest BCUT2D eigenvalue weighted by molar-refractivity contribution is -0.117. The highest BCUT2D eigenvalue weighted by Gasteiger charge is 2.25. The molecule has 1 amide bonds. The van der Waals surface area contributed by atoms with Crippen LogP contribution in [0.4, 0.5) is 11.4 Å². The molecule has 2 atom stereocenters. The van der Waals surface area contributed by atoms with Gasteiger partial charge in [0.05, 0.1) is 22.8 Å². The van der Waals surface area contributed by atoms with Crippen LogP contribution in [0, 0.1) is 11.8 Å². The van der Waals surface area contributed by atoms with Crippen LogP contribution in [-0.2, 0) is 14.8 Å². The minimum atomic E-state index is -3.59. The highest BCUT2D eigenvalue weighted by molar-refractivity contribution is 7.89. The first-order chi connectivity index (χ1) is 13.6. The van der Waals surface area contributed by atoms with Crippen molar-refractivity contribution in [3.63, 3.8) is 0 Å². The third-order valence-electron chi connectivity index (χ3n) is 5.38. The second kappa shape index (κ2) is 9.91. The minimum Gasteiger partial charge on any atom is -0.376 e. The predicted octanol–water partition coefficient (Wildman–Crippen LogP) is 2.70. The Morgan fingerprint density at radius 2 is 1.72 bits per heavy atom. The lowest BCUT2D eigenvalue weighted by Crippen LogP contribution is -2.42. The fourth-order valence-corrected chi connectivity index (χ4v) is 5.68. The lowest BCUT2D eigenvalue weighted by Gasteiger charge is -2.34. The first kappa shape index (κ1) is 23.6. The van der Waals surface area contributed by atoms with Crippen LogP contribution in [0.5, 0.6) is 0 Å². The second-order valence-corrected chi connectivity index (χ2v) is 10.3. The normalized spacial score (nSPS) is 20.7. The van der Waals surface area contributed by atoms with Crippen molar-refractivity contribution in [3.05, 3.63) is 18.2 Å². The van der Waals surface area contributed by atoms with E-state index in [1.165, 1.54) is 10.7 Å². The van der Waals surface area contributed by atoms with Crippen LogP contribution < -0.4 is 10.2 Å². The number of rotatable bonds is 8. The Morgan fingerprint density at radius 1 is 1.14 bits per heavy atom. The van der Waals surface area contributed by atoms with Gasteiger partial charge >= 0.3 is 0 Å². The summed E-state index contributed by atoms with van der Waals surface area (Å²) < 4.78 is 27.2. The smallest absolute Gasteiger partial charge is 0.243 e. The fourth-order valence-electron chi connectivity index (χ4n) is 4.19. The molecule has 29 heavy (non-hydrogen) atoms. The number of hydrogen-bond acceptors (Lipinski definition) is 5. The van der Waals surface area contributed by atoms with Crippen LogP contribution in [0.2, 0.25) is 0 Å². The monoisotopic (exact) mass is 424 g/mol. The van der Waals surface area contributed by atoms with Crippen LogP contribution in [0.1, 0.15) is 34.1 Å². The molecule has 0 aromatic heterocycles. The van der Waals surface area contributed by atoms with Gasteiger partial charge in [0.15, 0.2) is 0 Å². The molecule has 1 fully saturated rings. The molecule has 0 spiro atoms. The predicted molar refractivity (Wildman–Crippen MR) is 119 cm³/mol. The van der Waals surface area contributed by atoms with E-state index in [0.29, 0.717) is 37.2 Å². The Bertz CT molecular complexity index is 796. The number of nitrogens with zero attached hydrogens (tertiary/aromatic N) is 3. The zero-order valence-electron chi connectivity index (χ0n) is 18.6. The summed E-state index contributed by atoms with van der Waals surface area (Å²) in [6.45, 7) is 11.0. The molecule has 1 saturated heterocycles. The lowest BCUT2D eigenvalue weighted by atomic mass is 9.92.